The van der Waals surface area contributed by atoms with E-state index in [2.05, 4.69) is 18.7 Å². The second kappa shape index (κ2) is 11.7. The maximum Gasteiger partial charge on any atom is 0.303 e. The number of halogens is 1. The fourth-order valence-electron chi connectivity index (χ4n) is 5.43. The van der Waals surface area contributed by atoms with Crippen LogP contribution in [0.1, 0.15) is 74.5 Å². The molecule has 37 heavy (non-hydrogen) atoms. The van der Waals surface area contributed by atoms with Crippen LogP contribution in [0.25, 0.3) is 6.08 Å². The second-order valence-electron chi connectivity index (χ2n) is 9.83. The van der Waals surface area contributed by atoms with Crippen molar-refractivity contribution in [1.29, 1.82) is 0 Å². The molecule has 2 aromatic rings. The predicted molar refractivity (Wildman–Crippen MR) is 143 cm³/mol. The molecule has 0 unspecified atom stereocenters. The zero-order valence-electron chi connectivity index (χ0n) is 21.9. The number of carbonyl (C=O) groups excluding carboxylic acids is 2. The maximum atomic E-state index is 12.2. The first-order chi connectivity index (χ1) is 17.7. The number of ether oxygens (including phenoxy) is 4. The van der Waals surface area contributed by atoms with E-state index in [1.54, 1.807) is 0 Å². The van der Waals surface area contributed by atoms with Crippen LogP contribution in [0, 0.1) is 5.92 Å². The summed E-state index contributed by atoms with van der Waals surface area (Å²) in [6.45, 7) is 11.1. The number of benzene rings is 2. The summed E-state index contributed by atoms with van der Waals surface area (Å²) in [7, 11) is 0. The number of esters is 2. The van der Waals surface area contributed by atoms with Crippen molar-refractivity contribution in [3.05, 3.63) is 69.8 Å². The fraction of sp³-hybridized carbons (Fsp3) is 0.467. The molecular formula is C30H35ClO6. The summed E-state index contributed by atoms with van der Waals surface area (Å²) in [5.74, 6) is -0.380. The van der Waals surface area contributed by atoms with E-state index in [4.69, 9.17) is 30.5 Å². The molecule has 0 radical (unpaired) electrons. The van der Waals surface area contributed by atoms with E-state index in [0.29, 0.717) is 23.8 Å². The first-order valence-electron chi connectivity index (χ1n) is 12.9. The molecule has 1 fully saturated rings. The Kier molecular flexibility index (Phi) is 8.60. The minimum Gasteiger partial charge on any atom is -0.492 e. The van der Waals surface area contributed by atoms with Crippen LogP contribution in [0.2, 0.25) is 5.02 Å². The van der Waals surface area contributed by atoms with Crippen LogP contribution in [0.5, 0.6) is 5.75 Å². The highest BCUT2D eigenvalue weighted by Crippen LogP contribution is 2.46. The van der Waals surface area contributed by atoms with Crippen molar-refractivity contribution < 1.29 is 28.5 Å². The molecule has 0 aromatic heterocycles. The molecule has 6 nitrogen and oxygen atoms in total. The van der Waals surface area contributed by atoms with Crippen molar-refractivity contribution >= 4 is 29.6 Å². The summed E-state index contributed by atoms with van der Waals surface area (Å²) >= 11 is 6.91. The molecular weight excluding hydrogens is 492 g/mol. The number of hydrogen-bond acceptors (Lipinski definition) is 6. The van der Waals surface area contributed by atoms with Gasteiger partial charge in [-0.1, -0.05) is 68.4 Å². The first kappa shape index (κ1) is 27.2. The van der Waals surface area contributed by atoms with Gasteiger partial charge < -0.3 is 18.9 Å². The number of hydrogen-bond donors (Lipinski definition) is 0. The van der Waals surface area contributed by atoms with Crippen molar-refractivity contribution in [2.24, 2.45) is 5.92 Å². The Balaban J connectivity index is 1.83. The van der Waals surface area contributed by atoms with Crippen molar-refractivity contribution in [2.75, 3.05) is 6.61 Å². The third-order valence-corrected chi connectivity index (χ3v) is 7.64. The monoisotopic (exact) mass is 526 g/mol. The standard InChI is InChI=1S/C30H35ClO6/c1-6-20-10-12-21(13-11-20)15-22-16-24(23-9-8-14-34-28(23)26(22)31)29-30(36-19(5)33)27(35-18(4)32)17(3)25(7-2)37-29/h6,10-13,16-17,25,27,29-30H,1,7-9,14-15H2,2-5H3/t17-,25-,27+,29+,30-/m1/s1. The second-order valence-corrected chi connectivity index (χ2v) is 10.2. The van der Waals surface area contributed by atoms with Gasteiger partial charge in [-0.05, 0) is 47.9 Å². The van der Waals surface area contributed by atoms with Gasteiger partial charge >= 0.3 is 11.9 Å². The largest absolute Gasteiger partial charge is 0.492 e. The van der Waals surface area contributed by atoms with Crippen LogP contribution in [-0.4, -0.2) is 36.9 Å². The van der Waals surface area contributed by atoms with E-state index < -0.39 is 30.3 Å². The third kappa shape index (κ3) is 5.86. The molecule has 4 rings (SSSR count). The van der Waals surface area contributed by atoms with Crippen LogP contribution in [0.15, 0.2) is 36.9 Å². The lowest BCUT2D eigenvalue weighted by atomic mass is 9.81. The first-order valence-corrected chi connectivity index (χ1v) is 13.3. The Bertz CT molecular complexity index is 1160. The fourth-order valence-corrected chi connectivity index (χ4v) is 5.72. The lowest BCUT2D eigenvalue weighted by Gasteiger charge is -2.45. The van der Waals surface area contributed by atoms with Gasteiger partial charge in [0.25, 0.3) is 0 Å². The Labute approximate surface area is 223 Å². The SMILES string of the molecule is C=Cc1ccc(Cc2cc([C@@H]3O[C@H](CC)[C@@H](C)[C@H](OC(C)=O)[C@H]3OC(C)=O)c3c(c2Cl)OCCC3)cc1. The number of rotatable bonds is 7. The normalized spacial score (nSPS) is 24.9. The van der Waals surface area contributed by atoms with Gasteiger partial charge in [0.05, 0.1) is 17.7 Å². The average Bonchev–Trinajstić information content (AvgIpc) is 2.88. The average molecular weight is 527 g/mol. The molecule has 0 N–H and O–H groups in total. The maximum absolute atomic E-state index is 12.2. The smallest absolute Gasteiger partial charge is 0.303 e. The Morgan fingerprint density at radius 3 is 2.43 bits per heavy atom. The van der Waals surface area contributed by atoms with Crippen molar-refractivity contribution in [1.82, 2.24) is 0 Å². The van der Waals surface area contributed by atoms with E-state index in [0.717, 1.165) is 47.1 Å². The molecule has 0 spiro atoms. The van der Waals surface area contributed by atoms with Gasteiger partial charge in [0, 0.05) is 25.3 Å². The van der Waals surface area contributed by atoms with Gasteiger partial charge in [-0.3, -0.25) is 9.59 Å². The molecule has 7 heteroatoms. The summed E-state index contributed by atoms with van der Waals surface area (Å²) in [4.78, 5) is 24.3. The highest BCUT2D eigenvalue weighted by molar-refractivity contribution is 6.33. The lowest BCUT2D eigenvalue weighted by Crippen LogP contribution is -2.53. The van der Waals surface area contributed by atoms with Gasteiger partial charge in [0.2, 0.25) is 0 Å². The summed E-state index contributed by atoms with van der Waals surface area (Å²) in [5.41, 5.74) is 4.85. The molecule has 2 aliphatic rings. The summed E-state index contributed by atoms with van der Waals surface area (Å²) in [6, 6.07) is 10.2. The van der Waals surface area contributed by atoms with Crippen molar-refractivity contribution in [2.45, 2.75) is 77.8 Å². The van der Waals surface area contributed by atoms with Gasteiger partial charge in [0.1, 0.15) is 18.0 Å². The van der Waals surface area contributed by atoms with E-state index in [-0.39, 0.29) is 12.0 Å². The van der Waals surface area contributed by atoms with Gasteiger partial charge in [0.15, 0.2) is 6.10 Å². The van der Waals surface area contributed by atoms with Crippen molar-refractivity contribution in [3.8, 4) is 5.75 Å². The van der Waals surface area contributed by atoms with Crippen molar-refractivity contribution in [3.63, 3.8) is 0 Å². The Morgan fingerprint density at radius 1 is 1.14 bits per heavy atom. The zero-order chi connectivity index (χ0) is 26.7. The van der Waals surface area contributed by atoms with Gasteiger partial charge in [-0.25, -0.2) is 0 Å². The summed E-state index contributed by atoms with van der Waals surface area (Å²) < 4.78 is 24.3. The molecule has 2 aromatic carbocycles. The van der Waals surface area contributed by atoms with E-state index in [1.807, 2.05) is 38.1 Å². The molecule has 0 aliphatic carbocycles. The third-order valence-electron chi connectivity index (χ3n) is 7.22. The van der Waals surface area contributed by atoms with Crippen LogP contribution in [0.4, 0.5) is 0 Å². The molecule has 198 valence electrons. The Morgan fingerprint density at radius 2 is 1.81 bits per heavy atom. The van der Waals surface area contributed by atoms with Gasteiger partial charge in [-0.15, -0.1) is 0 Å². The predicted octanol–water partition coefficient (Wildman–Crippen LogP) is 6.25. The zero-order valence-corrected chi connectivity index (χ0v) is 22.7. The summed E-state index contributed by atoms with van der Waals surface area (Å²) in [5, 5.41) is 0.586. The van der Waals surface area contributed by atoms with Crippen LogP contribution >= 0.6 is 11.6 Å². The molecule has 5 atom stereocenters. The van der Waals surface area contributed by atoms with Gasteiger partial charge in [-0.2, -0.15) is 0 Å². The molecule has 0 amide bonds. The molecule has 2 aliphatic heterocycles. The minimum absolute atomic E-state index is 0.156. The Hall–Kier alpha value is -2.83. The highest BCUT2D eigenvalue weighted by atomic mass is 35.5. The molecule has 0 saturated carbocycles. The molecule has 0 bridgehead atoms. The summed E-state index contributed by atoms with van der Waals surface area (Å²) in [6.07, 6.45) is 2.45. The van der Waals surface area contributed by atoms with E-state index >= 15 is 0 Å². The quantitative estimate of drug-likeness (QED) is 0.397. The molecule has 2 heterocycles. The number of fused-ring (bicyclic) bond motifs is 1. The lowest BCUT2D eigenvalue weighted by molar-refractivity contribution is -0.225. The van der Waals surface area contributed by atoms with E-state index in [9.17, 15) is 9.59 Å². The minimum atomic E-state index is -0.800. The topological polar surface area (TPSA) is 71.1 Å². The highest BCUT2D eigenvalue weighted by Gasteiger charge is 2.48. The molecule has 1 saturated heterocycles. The van der Waals surface area contributed by atoms with Crippen LogP contribution in [0.3, 0.4) is 0 Å². The van der Waals surface area contributed by atoms with E-state index in [1.165, 1.54) is 13.8 Å². The number of carbonyl (C=O) groups is 2. The van der Waals surface area contributed by atoms with Crippen LogP contribution in [-0.2, 0) is 36.6 Å². The van der Waals surface area contributed by atoms with Crippen LogP contribution < -0.4 is 4.74 Å².